The van der Waals surface area contributed by atoms with E-state index in [0.29, 0.717) is 13.2 Å². The van der Waals surface area contributed by atoms with E-state index in [1.54, 1.807) is 0 Å². The van der Waals surface area contributed by atoms with Gasteiger partial charge in [-0.2, -0.15) is 0 Å². The highest BCUT2D eigenvalue weighted by molar-refractivity contribution is 4.84. The molecule has 0 saturated heterocycles. The number of aliphatic hydroxyl groups excluding tert-OH is 1. The normalized spacial score (nSPS) is 22.6. The lowest BCUT2D eigenvalue weighted by Gasteiger charge is -2.31. The first kappa shape index (κ1) is 11.0. The number of nitrogens with two attached hydrogens (primary N) is 1. The zero-order chi connectivity index (χ0) is 9.57. The van der Waals surface area contributed by atoms with Gasteiger partial charge in [-0.1, -0.05) is 25.7 Å². The van der Waals surface area contributed by atoms with E-state index in [1.165, 1.54) is 25.7 Å². The molecule has 0 aliphatic heterocycles. The third-order valence-corrected chi connectivity index (χ3v) is 2.89. The second-order valence-corrected chi connectivity index (χ2v) is 3.87. The molecule has 3 heteroatoms. The van der Waals surface area contributed by atoms with Crippen LogP contribution in [0.3, 0.4) is 0 Å². The summed E-state index contributed by atoms with van der Waals surface area (Å²) in [5, 5.41) is 8.71. The first-order valence-electron chi connectivity index (χ1n) is 5.28. The van der Waals surface area contributed by atoms with E-state index in [9.17, 15) is 0 Å². The quantitative estimate of drug-likeness (QED) is 0.647. The maximum Gasteiger partial charge on any atom is 0.0805 e. The molecule has 1 aliphatic rings. The van der Waals surface area contributed by atoms with Gasteiger partial charge in [0.05, 0.1) is 18.8 Å². The molecule has 1 aliphatic carbocycles. The van der Waals surface area contributed by atoms with Crippen LogP contribution < -0.4 is 5.73 Å². The Labute approximate surface area is 80.3 Å². The second-order valence-electron chi connectivity index (χ2n) is 3.87. The maximum atomic E-state index is 8.71. The van der Waals surface area contributed by atoms with Crippen LogP contribution in [0.5, 0.6) is 0 Å². The van der Waals surface area contributed by atoms with E-state index >= 15 is 0 Å². The second kappa shape index (κ2) is 5.58. The van der Waals surface area contributed by atoms with Gasteiger partial charge < -0.3 is 15.6 Å². The zero-order valence-corrected chi connectivity index (χ0v) is 8.30. The fourth-order valence-corrected chi connectivity index (χ4v) is 2.04. The van der Waals surface area contributed by atoms with Gasteiger partial charge in [0.2, 0.25) is 0 Å². The summed E-state index contributed by atoms with van der Waals surface area (Å²) in [6.07, 6.45) is 7.13. The molecule has 1 fully saturated rings. The number of aliphatic hydroxyl groups is 1. The van der Waals surface area contributed by atoms with Crippen LogP contribution in [0.25, 0.3) is 0 Å². The molecule has 3 nitrogen and oxygen atoms in total. The molecule has 0 aromatic carbocycles. The third-order valence-electron chi connectivity index (χ3n) is 2.89. The van der Waals surface area contributed by atoms with Crippen molar-refractivity contribution in [1.82, 2.24) is 0 Å². The van der Waals surface area contributed by atoms with Crippen molar-refractivity contribution in [3.8, 4) is 0 Å². The van der Waals surface area contributed by atoms with Crippen molar-refractivity contribution in [2.75, 3.05) is 19.8 Å². The molecule has 0 bridgehead atoms. The van der Waals surface area contributed by atoms with Crippen LogP contribution in [0.15, 0.2) is 0 Å². The summed E-state index contributed by atoms with van der Waals surface area (Å²) in [6.45, 7) is 1.12. The van der Waals surface area contributed by atoms with Crippen LogP contribution in [-0.2, 0) is 4.74 Å². The first-order valence-corrected chi connectivity index (χ1v) is 5.28. The standard InChI is InChI=1S/C10H21NO2/c11-9-10(13-8-7-12)5-3-1-2-4-6-10/h12H,1-9,11H2. The van der Waals surface area contributed by atoms with E-state index in [1.807, 2.05) is 0 Å². The number of hydrogen-bond acceptors (Lipinski definition) is 3. The molecule has 0 unspecified atom stereocenters. The van der Waals surface area contributed by atoms with Gasteiger partial charge in [-0.05, 0) is 12.8 Å². The van der Waals surface area contributed by atoms with Crippen LogP contribution in [0.2, 0.25) is 0 Å². The van der Waals surface area contributed by atoms with Crippen LogP contribution in [-0.4, -0.2) is 30.5 Å². The minimum atomic E-state index is -0.126. The van der Waals surface area contributed by atoms with Crippen LogP contribution in [0.1, 0.15) is 38.5 Å². The molecular formula is C10H21NO2. The highest BCUT2D eigenvalue weighted by Crippen LogP contribution is 2.29. The van der Waals surface area contributed by atoms with Crippen molar-refractivity contribution < 1.29 is 9.84 Å². The maximum absolute atomic E-state index is 8.71. The Morgan fingerprint density at radius 3 is 2.23 bits per heavy atom. The lowest BCUT2D eigenvalue weighted by molar-refractivity contribution is -0.0613. The molecule has 78 valence electrons. The monoisotopic (exact) mass is 187 g/mol. The van der Waals surface area contributed by atoms with E-state index in [2.05, 4.69) is 0 Å². The summed E-state index contributed by atoms with van der Waals surface area (Å²) in [5.74, 6) is 0. The van der Waals surface area contributed by atoms with Crippen LogP contribution >= 0.6 is 0 Å². The van der Waals surface area contributed by atoms with Gasteiger partial charge in [0, 0.05) is 6.54 Å². The highest BCUT2D eigenvalue weighted by Gasteiger charge is 2.29. The molecular weight excluding hydrogens is 166 g/mol. The summed E-state index contributed by atoms with van der Waals surface area (Å²) in [4.78, 5) is 0. The van der Waals surface area contributed by atoms with Crippen molar-refractivity contribution in [2.24, 2.45) is 5.73 Å². The van der Waals surface area contributed by atoms with Gasteiger partial charge in [-0.15, -0.1) is 0 Å². The number of ether oxygens (including phenoxy) is 1. The van der Waals surface area contributed by atoms with Crippen molar-refractivity contribution >= 4 is 0 Å². The predicted molar refractivity (Wildman–Crippen MR) is 52.5 cm³/mol. The van der Waals surface area contributed by atoms with E-state index in [-0.39, 0.29) is 12.2 Å². The molecule has 0 aromatic rings. The minimum absolute atomic E-state index is 0.0990. The lowest BCUT2D eigenvalue weighted by atomic mass is 9.94. The molecule has 0 radical (unpaired) electrons. The molecule has 1 rings (SSSR count). The molecule has 0 atom stereocenters. The summed E-state index contributed by atoms with van der Waals surface area (Å²) in [6, 6.07) is 0. The van der Waals surface area contributed by atoms with Gasteiger partial charge in [-0.25, -0.2) is 0 Å². The van der Waals surface area contributed by atoms with Gasteiger partial charge in [0.15, 0.2) is 0 Å². The zero-order valence-electron chi connectivity index (χ0n) is 8.30. The van der Waals surface area contributed by atoms with Crippen LogP contribution in [0, 0.1) is 0 Å². The molecule has 0 heterocycles. The van der Waals surface area contributed by atoms with E-state index in [0.717, 1.165) is 12.8 Å². The highest BCUT2D eigenvalue weighted by atomic mass is 16.5. The van der Waals surface area contributed by atoms with Crippen molar-refractivity contribution in [2.45, 2.75) is 44.1 Å². The Morgan fingerprint density at radius 1 is 1.15 bits per heavy atom. The summed E-state index contributed by atoms with van der Waals surface area (Å²) in [7, 11) is 0. The fraction of sp³-hybridized carbons (Fsp3) is 1.00. The van der Waals surface area contributed by atoms with Crippen molar-refractivity contribution in [3.05, 3.63) is 0 Å². The molecule has 13 heavy (non-hydrogen) atoms. The molecule has 1 saturated carbocycles. The molecule has 0 aromatic heterocycles. The van der Waals surface area contributed by atoms with Gasteiger partial charge >= 0.3 is 0 Å². The lowest BCUT2D eigenvalue weighted by Crippen LogP contribution is -2.41. The van der Waals surface area contributed by atoms with Crippen LogP contribution in [0.4, 0.5) is 0 Å². The van der Waals surface area contributed by atoms with Gasteiger partial charge in [0.25, 0.3) is 0 Å². The number of hydrogen-bond donors (Lipinski definition) is 2. The summed E-state index contributed by atoms with van der Waals surface area (Å²) < 4.78 is 5.67. The average Bonchev–Trinajstić information content (AvgIpc) is 2.41. The summed E-state index contributed by atoms with van der Waals surface area (Å²) >= 11 is 0. The Morgan fingerprint density at radius 2 is 1.77 bits per heavy atom. The Balaban J connectivity index is 2.43. The Hall–Kier alpha value is -0.120. The third kappa shape index (κ3) is 3.25. The fourth-order valence-electron chi connectivity index (χ4n) is 2.04. The molecule has 3 N–H and O–H groups in total. The van der Waals surface area contributed by atoms with E-state index < -0.39 is 0 Å². The first-order chi connectivity index (χ1) is 6.33. The summed E-state index contributed by atoms with van der Waals surface area (Å²) in [5.41, 5.74) is 5.62. The minimum Gasteiger partial charge on any atom is -0.394 e. The predicted octanol–water partition coefficient (Wildman–Crippen LogP) is 1.05. The van der Waals surface area contributed by atoms with E-state index in [4.69, 9.17) is 15.6 Å². The topological polar surface area (TPSA) is 55.5 Å². The van der Waals surface area contributed by atoms with Gasteiger partial charge in [-0.3, -0.25) is 0 Å². The number of rotatable bonds is 4. The Kier molecular flexibility index (Phi) is 4.70. The molecule has 0 amide bonds. The largest absolute Gasteiger partial charge is 0.394 e. The van der Waals surface area contributed by atoms with Crippen molar-refractivity contribution in [1.29, 1.82) is 0 Å². The Bertz CT molecular complexity index is 131. The van der Waals surface area contributed by atoms with Gasteiger partial charge in [0.1, 0.15) is 0 Å². The smallest absolute Gasteiger partial charge is 0.0805 e. The molecule has 0 spiro atoms. The SMILES string of the molecule is NCC1(OCCO)CCCCCC1. The van der Waals surface area contributed by atoms with Crippen molar-refractivity contribution in [3.63, 3.8) is 0 Å². The average molecular weight is 187 g/mol.